The van der Waals surface area contributed by atoms with E-state index in [4.69, 9.17) is 4.74 Å². The Morgan fingerprint density at radius 2 is 2.14 bits per heavy atom. The van der Waals surface area contributed by atoms with Gasteiger partial charge in [0, 0.05) is 23.1 Å². The van der Waals surface area contributed by atoms with E-state index in [9.17, 15) is 14.9 Å². The van der Waals surface area contributed by atoms with Gasteiger partial charge in [0.2, 0.25) is 0 Å². The molecule has 0 saturated heterocycles. The van der Waals surface area contributed by atoms with Crippen molar-refractivity contribution in [2.45, 2.75) is 20.4 Å². The Bertz CT molecular complexity index is 724. The predicted molar refractivity (Wildman–Crippen MR) is 84.6 cm³/mol. The number of rotatable bonds is 5. The molecule has 0 aliphatic heterocycles. The summed E-state index contributed by atoms with van der Waals surface area (Å²) in [5.74, 6) is -0.222. The quantitative estimate of drug-likeness (QED) is 0.677. The van der Waals surface area contributed by atoms with E-state index in [-0.39, 0.29) is 22.9 Å². The summed E-state index contributed by atoms with van der Waals surface area (Å²) in [6.45, 7) is 4.43. The Kier molecular flexibility index (Phi) is 4.77. The first-order valence-electron chi connectivity index (χ1n) is 6.58. The summed E-state index contributed by atoms with van der Waals surface area (Å²) in [5, 5.41) is 15.8. The fraction of sp³-hybridized carbons (Fsp3) is 0.267. The van der Waals surface area contributed by atoms with Crippen molar-refractivity contribution in [1.82, 2.24) is 5.32 Å². The number of ether oxygens (including phenoxy) is 1. The van der Waals surface area contributed by atoms with Crippen LogP contribution in [-0.2, 0) is 6.54 Å². The van der Waals surface area contributed by atoms with Crippen molar-refractivity contribution < 1.29 is 14.5 Å². The van der Waals surface area contributed by atoms with Gasteiger partial charge >= 0.3 is 5.69 Å². The van der Waals surface area contributed by atoms with E-state index < -0.39 is 4.92 Å². The normalized spacial score (nSPS) is 10.3. The third kappa shape index (κ3) is 3.25. The van der Waals surface area contributed by atoms with E-state index >= 15 is 0 Å². The minimum Gasteiger partial charge on any atom is -0.490 e. The fourth-order valence-corrected chi connectivity index (χ4v) is 2.88. The topological polar surface area (TPSA) is 81.5 Å². The largest absolute Gasteiger partial charge is 0.490 e. The third-order valence-corrected chi connectivity index (χ3v) is 4.53. The summed E-state index contributed by atoms with van der Waals surface area (Å²) in [6.07, 6.45) is 0. The Balaban J connectivity index is 2.14. The monoisotopic (exact) mass is 320 g/mol. The van der Waals surface area contributed by atoms with Crippen molar-refractivity contribution in [3.8, 4) is 5.75 Å². The van der Waals surface area contributed by atoms with Crippen LogP contribution in [0.15, 0.2) is 23.6 Å². The van der Waals surface area contributed by atoms with Crippen LogP contribution in [0.5, 0.6) is 5.75 Å². The molecule has 22 heavy (non-hydrogen) atoms. The van der Waals surface area contributed by atoms with Crippen LogP contribution in [0.25, 0.3) is 0 Å². The molecule has 0 aliphatic rings. The molecule has 116 valence electrons. The molecule has 2 aromatic rings. The van der Waals surface area contributed by atoms with Crippen LogP contribution in [0.3, 0.4) is 0 Å². The number of amides is 1. The number of nitrogens with one attached hydrogen (secondary N) is 1. The first-order valence-corrected chi connectivity index (χ1v) is 7.46. The summed E-state index contributed by atoms with van der Waals surface area (Å²) in [7, 11) is 1.35. The van der Waals surface area contributed by atoms with Gasteiger partial charge < -0.3 is 10.1 Å². The summed E-state index contributed by atoms with van der Waals surface area (Å²) in [5.41, 5.74) is 2.22. The van der Waals surface area contributed by atoms with Crippen LogP contribution in [0.4, 0.5) is 5.69 Å². The standard InChI is InChI=1S/C15H16N2O4S/c1-9-10(2)22-8-12(9)7-16-15(18)11-4-5-14(21-3)13(6-11)17(19)20/h4-6,8H,7H2,1-3H3,(H,16,18). The molecule has 1 aromatic heterocycles. The molecular formula is C15H16N2O4S. The highest BCUT2D eigenvalue weighted by Gasteiger charge is 2.18. The molecule has 6 nitrogen and oxygen atoms in total. The van der Waals surface area contributed by atoms with Gasteiger partial charge in [-0.15, -0.1) is 11.3 Å². The molecule has 0 fully saturated rings. The van der Waals surface area contributed by atoms with Gasteiger partial charge in [-0.05, 0) is 42.5 Å². The van der Waals surface area contributed by atoms with Crippen molar-refractivity contribution in [3.05, 3.63) is 55.3 Å². The smallest absolute Gasteiger partial charge is 0.311 e. The van der Waals surface area contributed by atoms with E-state index in [2.05, 4.69) is 5.32 Å². The Morgan fingerprint density at radius 1 is 1.41 bits per heavy atom. The Labute approximate surface area is 131 Å². The molecule has 0 unspecified atom stereocenters. The van der Waals surface area contributed by atoms with Gasteiger partial charge in [0.25, 0.3) is 5.91 Å². The van der Waals surface area contributed by atoms with E-state index in [1.165, 1.54) is 30.2 Å². The summed E-state index contributed by atoms with van der Waals surface area (Å²) < 4.78 is 4.92. The molecule has 0 aliphatic carbocycles. The SMILES string of the molecule is COc1ccc(C(=O)NCc2csc(C)c2C)cc1[N+](=O)[O-]. The molecule has 1 N–H and O–H groups in total. The molecule has 2 rings (SSSR count). The lowest BCUT2D eigenvalue weighted by Gasteiger charge is -2.07. The number of aryl methyl sites for hydroxylation is 1. The molecule has 1 amide bonds. The number of thiophene rings is 1. The number of nitro groups is 1. The summed E-state index contributed by atoms with van der Waals surface area (Å²) >= 11 is 1.63. The molecule has 0 atom stereocenters. The molecule has 1 heterocycles. The number of carbonyl (C=O) groups excluding carboxylic acids is 1. The molecule has 0 bridgehead atoms. The minimum absolute atomic E-state index is 0.130. The fourth-order valence-electron chi connectivity index (χ4n) is 1.99. The minimum atomic E-state index is -0.567. The maximum Gasteiger partial charge on any atom is 0.311 e. The van der Waals surface area contributed by atoms with Gasteiger partial charge in [0.15, 0.2) is 5.75 Å². The van der Waals surface area contributed by atoms with Crippen molar-refractivity contribution >= 4 is 22.9 Å². The van der Waals surface area contributed by atoms with E-state index in [1.807, 2.05) is 19.2 Å². The number of nitrogens with zero attached hydrogens (tertiary/aromatic N) is 1. The van der Waals surface area contributed by atoms with Gasteiger partial charge in [0.05, 0.1) is 12.0 Å². The number of benzene rings is 1. The van der Waals surface area contributed by atoms with Crippen LogP contribution in [0.2, 0.25) is 0 Å². The number of hydrogen-bond acceptors (Lipinski definition) is 5. The molecule has 0 spiro atoms. The second-order valence-corrected chi connectivity index (χ2v) is 5.85. The van der Waals surface area contributed by atoms with Gasteiger partial charge in [-0.3, -0.25) is 14.9 Å². The predicted octanol–water partition coefficient (Wildman–Crippen LogP) is 3.21. The lowest BCUT2D eigenvalue weighted by molar-refractivity contribution is -0.385. The van der Waals surface area contributed by atoms with E-state index in [1.54, 1.807) is 11.3 Å². The zero-order chi connectivity index (χ0) is 16.3. The highest BCUT2D eigenvalue weighted by molar-refractivity contribution is 7.10. The average molecular weight is 320 g/mol. The zero-order valence-corrected chi connectivity index (χ0v) is 13.3. The Morgan fingerprint density at radius 3 is 2.68 bits per heavy atom. The van der Waals surface area contributed by atoms with Crippen LogP contribution in [-0.4, -0.2) is 17.9 Å². The molecule has 1 aromatic carbocycles. The van der Waals surface area contributed by atoms with Gasteiger partial charge in [-0.2, -0.15) is 0 Å². The number of hydrogen-bond donors (Lipinski definition) is 1. The second-order valence-electron chi connectivity index (χ2n) is 4.77. The van der Waals surface area contributed by atoms with Gasteiger partial charge in [-0.1, -0.05) is 0 Å². The van der Waals surface area contributed by atoms with Crippen LogP contribution >= 0.6 is 11.3 Å². The number of carbonyl (C=O) groups is 1. The van der Waals surface area contributed by atoms with Crippen molar-refractivity contribution in [1.29, 1.82) is 0 Å². The van der Waals surface area contributed by atoms with Crippen molar-refractivity contribution in [2.24, 2.45) is 0 Å². The van der Waals surface area contributed by atoms with Crippen molar-refractivity contribution in [3.63, 3.8) is 0 Å². The highest BCUT2D eigenvalue weighted by atomic mass is 32.1. The molecule has 0 radical (unpaired) electrons. The van der Waals surface area contributed by atoms with Crippen LogP contribution < -0.4 is 10.1 Å². The zero-order valence-electron chi connectivity index (χ0n) is 12.5. The van der Waals surface area contributed by atoms with Gasteiger partial charge in [-0.25, -0.2) is 0 Å². The summed E-state index contributed by atoms with van der Waals surface area (Å²) in [4.78, 5) is 23.8. The number of methoxy groups -OCH3 is 1. The molecular weight excluding hydrogens is 304 g/mol. The maximum atomic E-state index is 12.1. The third-order valence-electron chi connectivity index (χ3n) is 3.46. The molecule has 0 saturated carbocycles. The van der Waals surface area contributed by atoms with Crippen molar-refractivity contribution in [2.75, 3.05) is 7.11 Å². The van der Waals surface area contributed by atoms with E-state index in [0.29, 0.717) is 6.54 Å². The van der Waals surface area contributed by atoms with E-state index in [0.717, 1.165) is 11.1 Å². The maximum absolute atomic E-state index is 12.1. The highest BCUT2D eigenvalue weighted by Crippen LogP contribution is 2.27. The average Bonchev–Trinajstić information content (AvgIpc) is 2.83. The lowest BCUT2D eigenvalue weighted by atomic mass is 10.1. The second kappa shape index (κ2) is 6.57. The lowest BCUT2D eigenvalue weighted by Crippen LogP contribution is -2.23. The van der Waals surface area contributed by atoms with Gasteiger partial charge in [0.1, 0.15) is 0 Å². The Hall–Kier alpha value is -2.41. The van der Waals surface area contributed by atoms with Crippen LogP contribution in [0, 0.1) is 24.0 Å². The first kappa shape index (κ1) is 16.0. The number of nitro benzene ring substituents is 1. The first-order chi connectivity index (χ1) is 10.4. The van der Waals surface area contributed by atoms with Crippen LogP contribution in [0.1, 0.15) is 26.4 Å². The molecule has 7 heteroatoms. The summed E-state index contributed by atoms with van der Waals surface area (Å²) in [6, 6.07) is 4.15.